The number of hydrogen-bond acceptors (Lipinski definition) is 7. The fourth-order valence-electron chi connectivity index (χ4n) is 2.32. The maximum Gasteiger partial charge on any atom is 0.339 e. The highest BCUT2D eigenvalue weighted by Gasteiger charge is 2.23. The van der Waals surface area contributed by atoms with Gasteiger partial charge < -0.3 is 13.7 Å². The van der Waals surface area contributed by atoms with Crippen molar-refractivity contribution in [3.05, 3.63) is 59.2 Å². The largest absolute Gasteiger partial charge is 0.465 e. The first kappa shape index (κ1) is 20.4. The van der Waals surface area contributed by atoms with Crippen molar-refractivity contribution in [1.82, 2.24) is 0 Å². The Morgan fingerprint density at radius 2 is 1.44 bits per heavy atom. The van der Waals surface area contributed by atoms with E-state index in [-0.39, 0.29) is 27.7 Å². The summed E-state index contributed by atoms with van der Waals surface area (Å²) in [6.45, 7) is 3.94. The first-order valence-corrected chi connectivity index (χ1v) is 9.45. The number of benzene rings is 2. The second kappa shape index (κ2) is 8.22. The minimum Gasteiger partial charge on any atom is -0.465 e. The van der Waals surface area contributed by atoms with Crippen LogP contribution in [0, 0.1) is 0 Å². The molecule has 27 heavy (non-hydrogen) atoms. The van der Waals surface area contributed by atoms with E-state index >= 15 is 0 Å². The number of hydrogen-bond donors (Lipinski definition) is 0. The zero-order valence-electron chi connectivity index (χ0n) is 15.4. The summed E-state index contributed by atoms with van der Waals surface area (Å²) in [5.74, 6) is -1.27. The molecular formula is C19H20O7S. The van der Waals surface area contributed by atoms with Gasteiger partial charge in [0.2, 0.25) is 0 Å². The molecule has 2 aromatic rings. The second-order valence-electron chi connectivity index (χ2n) is 5.99. The van der Waals surface area contributed by atoms with Gasteiger partial charge in [-0.25, -0.2) is 9.59 Å². The molecule has 0 saturated heterocycles. The van der Waals surface area contributed by atoms with Crippen LogP contribution in [-0.4, -0.2) is 34.6 Å². The van der Waals surface area contributed by atoms with E-state index in [2.05, 4.69) is 9.47 Å². The Morgan fingerprint density at radius 3 is 1.93 bits per heavy atom. The molecule has 0 aliphatic heterocycles. The predicted molar refractivity (Wildman–Crippen MR) is 97.5 cm³/mol. The van der Waals surface area contributed by atoms with Crippen LogP contribution in [0.4, 0.5) is 0 Å². The van der Waals surface area contributed by atoms with Gasteiger partial charge in [-0.05, 0) is 41.8 Å². The fraction of sp³-hybridized carbons (Fsp3) is 0.263. The molecule has 2 aromatic carbocycles. The summed E-state index contributed by atoms with van der Waals surface area (Å²) in [6.07, 6.45) is 0. The molecule has 7 nitrogen and oxygen atoms in total. The average Bonchev–Trinajstić information content (AvgIpc) is 2.66. The molecule has 0 aromatic heterocycles. The molecule has 8 heteroatoms. The van der Waals surface area contributed by atoms with Gasteiger partial charge in [0.05, 0.1) is 25.3 Å². The van der Waals surface area contributed by atoms with Crippen LogP contribution in [0.2, 0.25) is 0 Å². The molecule has 0 unspecified atom stereocenters. The third kappa shape index (κ3) is 4.85. The second-order valence-corrected chi connectivity index (χ2v) is 7.54. The van der Waals surface area contributed by atoms with Crippen molar-refractivity contribution in [2.24, 2.45) is 0 Å². The van der Waals surface area contributed by atoms with E-state index in [0.717, 1.165) is 31.9 Å². The normalized spacial score (nSPS) is 11.1. The van der Waals surface area contributed by atoms with Crippen LogP contribution >= 0.6 is 0 Å². The van der Waals surface area contributed by atoms with E-state index < -0.39 is 22.1 Å². The molecule has 0 radical (unpaired) electrons. The third-order valence-electron chi connectivity index (χ3n) is 3.77. The van der Waals surface area contributed by atoms with Crippen LogP contribution in [0.3, 0.4) is 0 Å². The molecule has 0 bridgehead atoms. The van der Waals surface area contributed by atoms with Crippen molar-refractivity contribution in [3.8, 4) is 5.75 Å². The van der Waals surface area contributed by atoms with Crippen LogP contribution in [-0.2, 0) is 19.6 Å². The maximum atomic E-state index is 12.7. The molecule has 0 saturated carbocycles. The lowest BCUT2D eigenvalue weighted by molar-refractivity contribution is 0.0598. The van der Waals surface area contributed by atoms with Crippen molar-refractivity contribution in [1.29, 1.82) is 0 Å². The molecule has 0 atom stereocenters. The monoisotopic (exact) mass is 392 g/mol. The van der Waals surface area contributed by atoms with Crippen molar-refractivity contribution in [2.75, 3.05) is 14.2 Å². The molecule has 2 rings (SSSR count). The molecule has 0 spiro atoms. The summed E-state index contributed by atoms with van der Waals surface area (Å²) >= 11 is 0. The van der Waals surface area contributed by atoms with Gasteiger partial charge in [-0.2, -0.15) is 8.42 Å². The zero-order valence-corrected chi connectivity index (χ0v) is 16.2. The Morgan fingerprint density at radius 1 is 0.889 bits per heavy atom. The predicted octanol–water partition coefficient (Wildman–Crippen LogP) is 3.15. The molecule has 144 valence electrons. The first-order valence-electron chi connectivity index (χ1n) is 8.04. The van der Waals surface area contributed by atoms with Gasteiger partial charge in [-0.3, -0.25) is 0 Å². The number of esters is 2. The van der Waals surface area contributed by atoms with Crippen LogP contribution in [0.15, 0.2) is 47.4 Å². The van der Waals surface area contributed by atoms with Crippen LogP contribution in [0.25, 0.3) is 0 Å². The fourth-order valence-corrected chi connectivity index (χ4v) is 3.31. The van der Waals surface area contributed by atoms with Gasteiger partial charge in [-0.1, -0.05) is 26.0 Å². The minimum absolute atomic E-state index is 0.112. The maximum absolute atomic E-state index is 12.7. The summed E-state index contributed by atoms with van der Waals surface area (Å²) in [7, 11) is -2.00. The molecule has 0 heterocycles. The zero-order chi connectivity index (χ0) is 20.2. The molecule has 0 N–H and O–H groups in total. The number of carbonyl (C=O) groups excluding carboxylic acids is 2. The van der Waals surface area contributed by atoms with Crippen molar-refractivity contribution in [3.63, 3.8) is 0 Å². The number of methoxy groups -OCH3 is 2. The molecule has 0 aliphatic carbocycles. The van der Waals surface area contributed by atoms with Gasteiger partial charge in [0.1, 0.15) is 10.6 Å². The quantitative estimate of drug-likeness (QED) is 0.550. The summed E-state index contributed by atoms with van der Waals surface area (Å²) in [6, 6.07) is 10.0. The van der Waals surface area contributed by atoms with Crippen LogP contribution < -0.4 is 4.18 Å². The minimum atomic E-state index is -4.30. The lowest BCUT2D eigenvalue weighted by Crippen LogP contribution is -2.14. The van der Waals surface area contributed by atoms with Gasteiger partial charge in [0.25, 0.3) is 0 Å². The Kier molecular flexibility index (Phi) is 6.22. The van der Waals surface area contributed by atoms with Gasteiger partial charge in [0, 0.05) is 0 Å². The highest BCUT2D eigenvalue weighted by molar-refractivity contribution is 7.87. The van der Waals surface area contributed by atoms with Gasteiger partial charge in [-0.15, -0.1) is 0 Å². The topological polar surface area (TPSA) is 96.0 Å². The Labute approximate surface area is 158 Å². The highest BCUT2D eigenvalue weighted by Crippen LogP contribution is 2.25. The van der Waals surface area contributed by atoms with Crippen LogP contribution in [0.1, 0.15) is 46.0 Å². The summed E-state index contributed by atoms with van der Waals surface area (Å²) in [4.78, 5) is 23.3. The van der Waals surface area contributed by atoms with E-state index in [1.54, 1.807) is 12.1 Å². The lowest BCUT2D eigenvalue weighted by atomic mass is 10.0. The van der Waals surface area contributed by atoms with E-state index in [9.17, 15) is 18.0 Å². The number of rotatable bonds is 6. The number of ether oxygens (including phenoxy) is 2. The lowest BCUT2D eigenvalue weighted by Gasteiger charge is -2.12. The van der Waals surface area contributed by atoms with Gasteiger partial charge in [0.15, 0.2) is 0 Å². The standard InChI is InChI=1S/C19H20O7S/c1-12(2)13-6-5-7-16(9-13)26-27(22,23)17-10-14(18(20)24-3)8-15(11-17)19(21)25-4/h5-12H,1-4H3. The Bertz CT molecular complexity index is 928. The highest BCUT2D eigenvalue weighted by atomic mass is 32.2. The van der Waals surface area contributed by atoms with Gasteiger partial charge >= 0.3 is 22.1 Å². The third-order valence-corrected chi connectivity index (χ3v) is 4.99. The molecule has 0 fully saturated rings. The summed E-state index contributed by atoms with van der Waals surface area (Å²) in [5, 5.41) is 0. The smallest absolute Gasteiger partial charge is 0.339 e. The molecule has 0 aliphatic rings. The molecule has 0 amide bonds. The summed E-state index contributed by atoms with van der Waals surface area (Å²) in [5.41, 5.74) is 0.679. The summed E-state index contributed by atoms with van der Waals surface area (Å²) < 4.78 is 39.8. The van der Waals surface area contributed by atoms with Crippen molar-refractivity contribution < 1.29 is 31.7 Å². The average molecular weight is 392 g/mol. The van der Waals surface area contributed by atoms with E-state index in [0.29, 0.717) is 0 Å². The van der Waals surface area contributed by atoms with Crippen molar-refractivity contribution >= 4 is 22.1 Å². The van der Waals surface area contributed by atoms with Crippen molar-refractivity contribution in [2.45, 2.75) is 24.7 Å². The molecular weight excluding hydrogens is 372 g/mol. The Balaban J connectivity index is 2.49. The first-order chi connectivity index (χ1) is 12.7. The Hall–Kier alpha value is -2.87. The van der Waals surface area contributed by atoms with Crippen LogP contribution in [0.5, 0.6) is 5.75 Å². The van der Waals surface area contributed by atoms with E-state index in [1.807, 2.05) is 19.9 Å². The van der Waals surface area contributed by atoms with E-state index in [4.69, 9.17) is 4.18 Å². The number of carbonyl (C=O) groups is 2. The van der Waals surface area contributed by atoms with E-state index in [1.165, 1.54) is 12.1 Å². The SMILES string of the molecule is COC(=O)c1cc(C(=O)OC)cc(S(=O)(=O)Oc2cccc(C(C)C)c2)c1.